The van der Waals surface area contributed by atoms with Crippen molar-refractivity contribution in [2.24, 2.45) is 10.1 Å². The van der Waals surface area contributed by atoms with Gasteiger partial charge in [0, 0.05) is 12.1 Å². The Morgan fingerprint density at radius 2 is 2.23 bits per heavy atom. The van der Waals surface area contributed by atoms with E-state index >= 15 is 0 Å². The van der Waals surface area contributed by atoms with Crippen molar-refractivity contribution in [1.29, 1.82) is 0 Å². The highest BCUT2D eigenvalue weighted by atomic mass is 16.4. The Balaban J connectivity index is 2.47. The average Bonchev–Trinajstić information content (AvgIpc) is 2.19. The van der Waals surface area contributed by atoms with Crippen molar-refractivity contribution >= 4 is 11.9 Å². The second-order valence-electron chi connectivity index (χ2n) is 2.92. The monoisotopic (exact) mass is 174 g/mol. The van der Waals surface area contributed by atoms with Crippen LogP contribution in [-0.2, 0) is 6.42 Å². The molecule has 3 nitrogen and oxygen atoms in total. The smallest absolute Gasteiger partial charge is 0.0919 e. The van der Waals surface area contributed by atoms with E-state index in [0.29, 0.717) is 0 Å². The van der Waals surface area contributed by atoms with E-state index in [1.807, 2.05) is 18.2 Å². The molecule has 0 saturated carbocycles. The van der Waals surface area contributed by atoms with E-state index in [9.17, 15) is 0 Å². The van der Waals surface area contributed by atoms with Crippen molar-refractivity contribution in [1.82, 2.24) is 0 Å². The van der Waals surface area contributed by atoms with Crippen LogP contribution in [0, 0.1) is 0 Å². The molecular weight excluding hydrogens is 164 g/mol. The van der Waals surface area contributed by atoms with E-state index in [-0.39, 0.29) is 0 Å². The second kappa shape index (κ2) is 3.39. The highest BCUT2D eigenvalue weighted by Gasteiger charge is 2.10. The molecule has 0 fully saturated rings. The Bertz CT molecular complexity index is 369. The van der Waals surface area contributed by atoms with Gasteiger partial charge in [0.15, 0.2) is 0 Å². The first kappa shape index (κ1) is 7.98. The molecule has 0 spiro atoms. The van der Waals surface area contributed by atoms with Gasteiger partial charge >= 0.3 is 0 Å². The van der Waals surface area contributed by atoms with Gasteiger partial charge in [-0.1, -0.05) is 29.4 Å². The first-order valence-electron chi connectivity index (χ1n) is 4.22. The van der Waals surface area contributed by atoms with E-state index in [2.05, 4.69) is 16.2 Å². The summed E-state index contributed by atoms with van der Waals surface area (Å²) in [6.45, 7) is 0.776. The maximum atomic E-state index is 8.43. The Kier molecular flexibility index (Phi) is 2.08. The van der Waals surface area contributed by atoms with E-state index in [1.54, 1.807) is 0 Å². The van der Waals surface area contributed by atoms with Crippen LogP contribution in [0.2, 0.25) is 0 Å². The van der Waals surface area contributed by atoms with Crippen LogP contribution in [-0.4, -0.2) is 23.7 Å². The molecule has 66 valence electrons. The minimum atomic E-state index is 0.768. The third kappa shape index (κ3) is 1.45. The van der Waals surface area contributed by atoms with Gasteiger partial charge in [-0.05, 0) is 12.0 Å². The van der Waals surface area contributed by atoms with Crippen LogP contribution < -0.4 is 0 Å². The van der Waals surface area contributed by atoms with Gasteiger partial charge in [-0.3, -0.25) is 4.99 Å². The van der Waals surface area contributed by atoms with Gasteiger partial charge in [-0.25, -0.2) is 0 Å². The SMILES string of the molecule is O/N=C/C1=NCCc2ccccc21. The Morgan fingerprint density at radius 3 is 3.08 bits per heavy atom. The molecule has 0 radical (unpaired) electrons. The normalized spacial score (nSPS) is 15.5. The minimum Gasteiger partial charge on any atom is -0.411 e. The van der Waals surface area contributed by atoms with Crippen molar-refractivity contribution < 1.29 is 5.21 Å². The lowest BCUT2D eigenvalue weighted by molar-refractivity contribution is 0.322. The molecule has 1 aliphatic rings. The van der Waals surface area contributed by atoms with Crippen molar-refractivity contribution in [2.45, 2.75) is 6.42 Å². The van der Waals surface area contributed by atoms with Crippen molar-refractivity contribution in [2.75, 3.05) is 6.54 Å². The number of fused-ring (bicyclic) bond motifs is 1. The number of hydrogen-bond acceptors (Lipinski definition) is 3. The van der Waals surface area contributed by atoms with E-state index in [4.69, 9.17) is 5.21 Å². The number of benzene rings is 1. The fourth-order valence-corrected chi connectivity index (χ4v) is 1.54. The topological polar surface area (TPSA) is 45.0 Å². The predicted molar refractivity (Wildman–Crippen MR) is 51.8 cm³/mol. The van der Waals surface area contributed by atoms with Crippen LogP contribution in [0.15, 0.2) is 34.4 Å². The highest BCUT2D eigenvalue weighted by molar-refractivity contribution is 6.38. The summed E-state index contributed by atoms with van der Waals surface area (Å²) in [5.74, 6) is 0. The molecule has 0 aliphatic carbocycles. The van der Waals surface area contributed by atoms with Crippen LogP contribution in [0.3, 0.4) is 0 Å². The molecule has 1 aliphatic heterocycles. The number of rotatable bonds is 1. The molecule has 2 rings (SSSR count). The molecule has 0 atom stereocenters. The van der Waals surface area contributed by atoms with Crippen LogP contribution >= 0.6 is 0 Å². The zero-order valence-corrected chi connectivity index (χ0v) is 7.14. The fraction of sp³-hybridized carbons (Fsp3) is 0.200. The lowest BCUT2D eigenvalue weighted by Crippen LogP contribution is -2.13. The Labute approximate surface area is 76.4 Å². The number of nitrogens with zero attached hydrogens (tertiary/aromatic N) is 2. The highest BCUT2D eigenvalue weighted by Crippen LogP contribution is 2.14. The average molecular weight is 174 g/mol. The van der Waals surface area contributed by atoms with Crippen LogP contribution in [0.1, 0.15) is 11.1 Å². The lowest BCUT2D eigenvalue weighted by Gasteiger charge is -2.12. The summed E-state index contributed by atoms with van der Waals surface area (Å²) in [6.07, 6.45) is 2.36. The third-order valence-corrected chi connectivity index (χ3v) is 2.14. The summed E-state index contributed by atoms with van der Waals surface area (Å²) < 4.78 is 0. The molecule has 0 saturated heterocycles. The molecule has 0 unspecified atom stereocenters. The van der Waals surface area contributed by atoms with Gasteiger partial charge in [0.1, 0.15) is 0 Å². The summed E-state index contributed by atoms with van der Waals surface area (Å²) >= 11 is 0. The van der Waals surface area contributed by atoms with Gasteiger partial charge < -0.3 is 5.21 Å². The zero-order valence-electron chi connectivity index (χ0n) is 7.14. The molecule has 1 aromatic rings. The van der Waals surface area contributed by atoms with Crippen LogP contribution in [0.25, 0.3) is 0 Å². The Hall–Kier alpha value is -1.64. The molecule has 1 N–H and O–H groups in total. The van der Waals surface area contributed by atoms with Crippen molar-refractivity contribution in [3.8, 4) is 0 Å². The zero-order chi connectivity index (χ0) is 9.10. The van der Waals surface area contributed by atoms with Gasteiger partial charge in [-0.2, -0.15) is 0 Å². The van der Waals surface area contributed by atoms with E-state index < -0.39 is 0 Å². The van der Waals surface area contributed by atoms with Crippen molar-refractivity contribution in [3.63, 3.8) is 0 Å². The summed E-state index contributed by atoms with van der Waals surface area (Å²) in [6, 6.07) is 8.05. The minimum absolute atomic E-state index is 0.768. The number of aliphatic imine (C=N–C) groups is 1. The molecule has 1 aromatic carbocycles. The Morgan fingerprint density at radius 1 is 1.38 bits per heavy atom. The van der Waals surface area contributed by atoms with Gasteiger partial charge in [0.05, 0.1) is 11.9 Å². The third-order valence-electron chi connectivity index (χ3n) is 2.14. The molecular formula is C10H10N2O. The van der Waals surface area contributed by atoms with Crippen molar-refractivity contribution in [3.05, 3.63) is 35.4 Å². The predicted octanol–water partition coefficient (Wildman–Crippen LogP) is 1.49. The molecule has 0 amide bonds. The quantitative estimate of drug-likeness (QED) is 0.391. The largest absolute Gasteiger partial charge is 0.411 e. The molecule has 0 aromatic heterocycles. The summed E-state index contributed by atoms with van der Waals surface area (Å²) in [7, 11) is 0. The maximum Gasteiger partial charge on any atom is 0.0919 e. The summed E-state index contributed by atoms with van der Waals surface area (Å²) in [5, 5.41) is 11.4. The van der Waals surface area contributed by atoms with E-state index in [1.165, 1.54) is 11.8 Å². The lowest BCUT2D eigenvalue weighted by atomic mass is 9.98. The second-order valence-corrected chi connectivity index (χ2v) is 2.92. The maximum absolute atomic E-state index is 8.43. The first-order valence-corrected chi connectivity index (χ1v) is 4.22. The molecule has 1 heterocycles. The van der Waals surface area contributed by atoms with Gasteiger partial charge in [0.25, 0.3) is 0 Å². The number of oxime groups is 1. The summed E-state index contributed by atoms with van der Waals surface area (Å²) in [4.78, 5) is 4.27. The standard InChI is InChI=1S/C10H10N2O/c13-12-7-10-9-4-2-1-3-8(9)5-6-11-10/h1-4,7,13H,5-6H2/b12-7+. The van der Waals surface area contributed by atoms with Crippen LogP contribution in [0.5, 0.6) is 0 Å². The van der Waals surface area contributed by atoms with Gasteiger partial charge in [0.2, 0.25) is 0 Å². The fourth-order valence-electron chi connectivity index (χ4n) is 1.54. The van der Waals surface area contributed by atoms with Gasteiger partial charge in [-0.15, -0.1) is 0 Å². The van der Waals surface area contributed by atoms with E-state index in [0.717, 1.165) is 24.2 Å². The molecule has 0 bridgehead atoms. The first-order chi connectivity index (χ1) is 6.42. The van der Waals surface area contributed by atoms with Crippen LogP contribution in [0.4, 0.5) is 0 Å². The molecule has 13 heavy (non-hydrogen) atoms. The molecule has 3 heteroatoms. The summed E-state index contributed by atoms with van der Waals surface area (Å²) in [5.41, 5.74) is 3.11. The number of hydrogen-bond donors (Lipinski definition) is 1.